The minimum absolute atomic E-state index is 0.149. The molecule has 26 heavy (non-hydrogen) atoms. The Labute approximate surface area is 152 Å². The summed E-state index contributed by atoms with van der Waals surface area (Å²) >= 11 is 1.28. The monoisotopic (exact) mass is 373 g/mol. The first-order chi connectivity index (χ1) is 12.6. The van der Waals surface area contributed by atoms with Crippen LogP contribution in [0.15, 0.2) is 35.3 Å². The van der Waals surface area contributed by atoms with Crippen LogP contribution >= 0.6 is 11.3 Å². The Morgan fingerprint density at radius 2 is 2.08 bits per heavy atom. The Hall–Kier alpha value is -2.81. The molecule has 1 aliphatic rings. The topological polar surface area (TPSA) is 81.8 Å². The zero-order valence-electron chi connectivity index (χ0n) is 13.8. The van der Waals surface area contributed by atoms with E-state index in [2.05, 4.69) is 15.4 Å². The van der Waals surface area contributed by atoms with Gasteiger partial charge < -0.3 is 5.32 Å². The third-order valence-corrected chi connectivity index (χ3v) is 5.17. The van der Waals surface area contributed by atoms with Gasteiger partial charge in [-0.2, -0.15) is 5.10 Å². The van der Waals surface area contributed by atoms with Crippen LogP contribution in [0.2, 0.25) is 0 Å². The molecule has 0 atom stereocenters. The lowest BCUT2D eigenvalue weighted by atomic mass is 10.2. The largest absolute Gasteiger partial charge is 0.346 e. The molecule has 0 aliphatic carbocycles. The van der Waals surface area contributed by atoms with Crippen LogP contribution in [0.1, 0.15) is 18.7 Å². The van der Waals surface area contributed by atoms with Crippen molar-refractivity contribution >= 4 is 22.4 Å². The Bertz CT molecular complexity index is 1010. The number of thiazole rings is 1. The van der Waals surface area contributed by atoms with E-state index >= 15 is 0 Å². The van der Waals surface area contributed by atoms with Gasteiger partial charge in [0.25, 0.3) is 0 Å². The zero-order chi connectivity index (χ0) is 18.1. The third-order valence-electron chi connectivity index (χ3n) is 4.21. The average Bonchev–Trinajstić information content (AvgIpc) is 3.21. The number of hydrogen-bond acceptors (Lipinski definition) is 5. The number of nitrogens with zero attached hydrogens (tertiary/aromatic N) is 4. The number of anilines is 1. The quantitative estimate of drug-likeness (QED) is 0.761. The summed E-state index contributed by atoms with van der Waals surface area (Å²) in [4.78, 5) is 29.5. The molecule has 1 aliphatic heterocycles. The molecule has 3 heterocycles. The lowest BCUT2D eigenvalue weighted by Gasteiger charge is -2.09. The van der Waals surface area contributed by atoms with Gasteiger partial charge in [0.05, 0.1) is 4.88 Å². The number of nitrogens with one attached hydrogen (secondary N) is 1. The van der Waals surface area contributed by atoms with Crippen LogP contribution in [0, 0.1) is 5.82 Å². The number of benzene rings is 1. The molecular weight excluding hydrogens is 357 g/mol. The van der Waals surface area contributed by atoms with Crippen molar-refractivity contribution in [3.8, 4) is 10.4 Å². The number of amides is 1. The molecule has 1 amide bonds. The molecule has 0 spiro atoms. The number of halogens is 1. The van der Waals surface area contributed by atoms with Gasteiger partial charge in [0.1, 0.15) is 18.2 Å². The fourth-order valence-corrected chi connectivity index (χ4v) is 3.76. The molecule has 1 aromatic carbocycles. The normalized spacial score (nSPS) is 13.4. The number of aromatic nitrogens is 4. The second-order valence-corrected chi connectivity index (χ2v) is 7.08. The molecule has 0 saturated carbocycles. The number of carbonyl (C=O) groups is 1. The molecule has 0 radical (unpaired) electrons. The Kier molecular flexibility index (Phi) is 4.37. The van der Waals surface area contributed by atoms with Crippen molar-refractivity contribution in [3.63, 3.8) is 0 Å². The van der Waals surface area contributed by atoms with E-state index in [0.29, 0.717) is 11.7 Å². The van der Waals surface area contributed by atoms with Gasteiger partial charge in [-0.1, -0.05) is 23.5 Å². The van der Waals surface area contributed by atoms with Gasteiger partial charge in [-0.3, -0.25) is 9.36 Å². The highest BCUT2D eigenvalue weighted by Gasteiger charge is 2.18. The molecule has 7 nitrogen and oxygen atoms in total. The van der Waals surface area contributed by atoms with Crippen molar-refractivity contribution in [3.05, 3.63) is 52.6 Å². The van der Waals surface area contributed by atoms with Crippen LogP contribution in [-0.4, -0.2) is 25.2 Å². The second-order valence-electron chi connectivity index (χ2n) is 6.05. The van der Waals surface area contributed by atoms with Crippen molar-refractivity contribution in [1.29, 1.82) is 0 Å². The fraction of sp³-hybridized carbons (Fsp3) is 0.294. The first-order valence-corrected chi connectivity index (χ1v) is 9.10. The maximum Gasteiger partial charge on any atom is 0.346 e. The summed E-state index contributed by atoms with van der Waals surface area (Å²) < 4.78 is 15.8. The summed E-state index contributed by atoms with van der Waals surface area (Å²) in [5.41, 5.74) is 0.573. The molecule has 1 N–H and O–H groups in total. The van der Waals surface area contributed by atoms with E-state index < -0.39 is 0 Å². The minimum Gasteiger partial charge on any atom is -0.300 e. The van der Waals surface area contributed by atoms with Crippen LogP contribution in [0.5, 0.6) is 0 Å². The van der Waals surface area contributed by atoms with Gasteiger partial charge in [0.15, 0.2) is 5.13 Å². The van der Waals surface area contributed by atoms with E-state index in [1.807, 2.05) is 0 Å². The summed E-state index contributed by atoms with van der Waals surface area (Å²) in [6.45, 7) is 0.508. The number of carbonyl (C=O) groups excluding carboxylic acids is 1. The van der Waals surface area contributed by atoms with Gasteiger partial charge in [-0.15, -0.1) is 0 Å². The molecule has 3 aromatic rings. The Morgan fingerprint density at radius 1 is 1.27 bits per heavy atom. The highest BCUT2D eigenvalue weighted by molar-refractivity contribution is 7.19. The van der Waals surface area contributed by atoms with Crippen molar-refractivity contribution in [2.45, 2.75) is 32.4 Å². The molecule has 134 valence electrons. The standard InChI is InChI=1S/C17H16FN5O2S/c18-12-6-4-11(5-7-12)13-9-19-16(26-13)20-15(24)10-23-17(25)22-8-2-1-3-14(22)21-23/h4-7,9H,1-3,8,10H2,(H,19,20,24). The predicted octanol–water partition coefficient (Wildman–Crippen LogP) is 2.28. The molecular formula is C17H16FN5O2S. The smallest absolute Gasteiger partial charge is 0.300 e. The molecule has 0 saturated heterocycles. The van der Waals surface area contributed by atoms with E-state index in [4.69, 9.17) is 0 Å². The van der Waals surface area contributed by atoms with E-state index in [9.17, 15) is 14.0 Å². The van der Waals surface area contributed by atoms with Gasteiger partial charge in [0.2, 0.25) is 5.91 Å². The number of aryl methyl sites for hydroxylation is 1. The van der Waals surface area contributed by atoms with Gasteiger partial charge in [-0.25, -0.2) is 18.9 Å². The van der Waals surface area contributed by atoms with Crippen LogP contribution in [0.3, 0.4) is 0 Å². The van der Waals surface area contributed by atoms with Crippen LogP contribution in [0.4, 0.5) is 9.52 Å². The molecule has 4 rings (SSSR count). The summed E-state index contributed by atoms with van der Waals surface area (Å²) in [6, 6.07) is 6.06. The van der Waals surface area contributed by atoms with Crippen molar-refractivity contribution in [1.82, 2.24) is 19.3 Å². The summed E-state index contributed by atoms with van der Waals surface area (Å²) in [6.07, 6.45) is 4.34. The molecule has 0 unspecified atom stereocenters. The summed E-state index contributed by atoms with van der Waals surface area (Å²) in [5, 5.41) is 7.35. The van der Waals surface area contributed by atoms with Gasteiger partial charge in [-0.05, 0) is 30.5 Å². The van der Waals surface area contributed by atoms with Gasteiger partial charge in [0, 0.05) is 19.2 Å². The van der Waals surface area contributed by atoms with Crippen molar-refractivity contribution in [2.24, 2.45) is 0 Å². The highest BCUT2D eigenvalue weighted by atomic mass is 32.1. The fourth-order valence-electron chi connectivity index (χ4n) is 2.93. The average molecular weight is 373 g/mol. The van der Waals surface area contributed by atoms with E-state index in [0.717, 1.165) is 35.5 Å². The van der Waals surface area contributed by atoms with Crippen LogP contribution in [0.25, 0.3) is 10.4 Å². The maximum atomic E-state index is 13.0. The van der Waals surface area contributed by atoms with E-state index in [1.54, 1.807) is 22.9 Å². The molecule has 0 bridgehead atoms. The second kappa shape index (κ2) is 6.83. The predicted molar refractivity (Wildman–Crippen MR) is 95.6 cm³/mol. The van der Waals surface area contributed by atoms with E-state index in [1.165, 1.54) is 28.2 Å². The number of fused-ring (bicyclic) bond motifs is 1. The Balaban J connectivity index is 1.45. The molecule has 2 aromatic heterocycles. The third kappa shape index (κ3) is 3.30. The highest BCUT2D eigenvalue weighted by Crippen LogP contribution is 2.28. The first kappa shape index (κ1) is 16.6. The van der Waals surface area contributed by atoms with Crippen molar-refractivity contribution in [2.75, 3.05) is 5.32 Å². The zero-order valence-corrected chi connectivity index (χ0v) is 14.6. The summed E-state index contributed by atoms with van der Waals surface area (Å²) in [7, 11) is 0. The lowest BCUT2D eigenvalue weighted by Crippen LogP contribution is -2.30. The van der Waals surface area contributed by atoms with Gasteiger partial charge >= 0.3 is 5.69 Å². The van der Waals surface area contributed by atoms with Crippen LogP contribution in [-0.2, 0) is 24.3 Å². The van der Waals surface area contributed by atoms with Crippen molar-refractivity contribution < 1.29 is 9.18 Å². The minimum atomic E-state index is -0.359. The van der Waals surface area contributed by atoms with E-state index in [-0.39, 0.29) is 24.0 Å². The maximum absolute atomic E-state index is 13.0. The lowest BCUT2D eigenvalue weighted by molar-refractivity contribution is -0.117. The number of hydrogen-bond donors (Lipinski definition) is 1. The number of rotatable bonds is 4. The van der Waals surface area contributed by atoms with Crippen LogP contribution < -0.4 is 11.0 Å². The molecule has 0 fully saturated rings. The first-order valence-electron chi connectivity index (χ1n) is 8.28. The molecule has 9 heteroatoms. The Morgan fingerprint density at radius 3 is 2.85 bits per heavy atom. The SMILES string of the molecule is O=C(Cn1nc2n(c1=O)CCCC2)Nc1ncc(-c2ccc(F)cc2)s1. The summed E-state index contributed by atoms with van der Waals surface area (Å²) in [5.74, 6) is 0.0736.